The van der Waals surface area contributed by atoms with Gasteiger partial charge in [0, 0.05) is 19.8 Å². The lowest BCUT2D eigenvalue weighted by Crippen LogP contribution is -2.22. The molecule has 25 heavy (non-hydrogen) atoms. The van der Waals surface area contributed by atoms with Crippen molar-refractivity contribution in [2.75, 3.05) is 26.0 Å². The van der Waals surface area contributed by atoms with Crippen LogP contribution in [0.25, 0.3) is 0 Å². The summed E-state index contributed by atoms with van der Waals surface area (Å²) in [4.78, 5) is 12.2. The molecule has 0 saturated carbocycles. The second kappa shape index (κ2) is 7.67. The summed E-state index contributed by atoms with van der Waals surface area (Å²) in [7, 11) is -0.540. The van der Waals surface area contributed by atoms with Crippen molar-refractivity contribution in [2.24, 2.45) is 0 Å². The predicted molar refractivity (Wildman–Crippen MR) is 97.4 cm³/mol. The van der Waals surface area contributed by atoms with Gasteiger partial charge in [0.05, 0.1) is 4.90 Å². The Kier molecular flexibility index (Phi) is 5.81. The molecule has 0 aliphatic rings. The molecule has 2 aromatic rings. The highest BCUT2D eigenvalue weighted by Crippen LogP contribution is 2.23. The predicted octanol–water partition coefficient (Wildman–Crippen LogP) is 2.57. The maximum Gasteiger partial charge on any atom is 0.262 e. The van der Waals surface area contributed by atoms with Crippen LogP contribution in [0.2, 0.25) is 0 Å². The first-order valence-corrected chi connectivity index (χ1v) is 9.17. The van der Waals surface area contributed by atoms with E-state index in [0.29, 0.717) is 11.3 Å². The number of para-hydroxylation sites is 1. The SMILES string of the molecule is Cc1ccccc1NC(=O)COc1ccc(S(=O)(=O)N(C)C)cc1C. The molecule has 0 aliphatic heterocycles. The summed E-state index contributed by atoms with van der Waals surface area (Å²) < 4.78 is 30.9. The molecule has 0 fully saturated rings. The number of hydrogen-bond acceptors (Lipinski definition) is 4. The van der Waals surface area contributed by atoms with Gasteiger partial charge in [-0.1, -0.05) is 18.2 Å². The molecule has 0 bridgehead atoms. The lowest BCUT2D eigenvalue weighted by molar-refractivity contribution is -0.118. The van der Waals surface area contributed by atoms with Gasteiger partial charge in [-0.3, -0.25) is 4.79 Å². The molecule has 0 heterocycles. The zero-order valence-electron chi connectivity index (χ0n) is 14.7. The number of benzene rings is 2. The average Bonchev–Trinajstić information content (AvgIpc) is 2.55. The molecule has 0 aliphatic carbocycles. The van der Waals surface area contributed by atoms with Crippen LogP contribution in [-0.4, -0.2) is 39.3 Å². The van der Waals surface area contributed by atoms with Gasteiger partial charge in [0.15, 0.2) is 6.61 Å². The maximum absolute atomic E-state index is 12.1. The molecule has 0 atom stereocenters. The molecular weight excluding hydrogens is 340 g/mol. The zero-order valence-corrected chi connectivity index (χ0v) is 15.6. The third kappa shape index (κ3) is 4.58. The number of amides is 1. The molecule has 7 heteroatoms. The Bertz CT molecular complexity index is 876. The van der Waals surface area contributed by atoms with E-state index < -0.39 is 10.0 Å². The Hall–Kier alpha value is -2.38. The van der Waals surface area contributed by atoms with E-state index in [-0.39, 0.29) is 17.4 Å². The topological polar surface area (TPSA) is 75.7 Å². The summed E-state index contributed by atoms with van der Waals surface area (Å²) in [5.41, 5.74) is 2.34. The Balaban J connectivity index is 2.04. The summed E-state index contributed by atoms with van der Waals surface area (Å²) in [5, 5.41) is 2.78. The molecule has 6 nitrogen and oxygen atoms in total. The number of carbonyl (C=O) groups is 1. The number of aryl methyl sites for hydroxylation is 2. The Morgan fingerprint density at radius 2 is 1.76 bits per heavy atom. The van der Waals surface area contributed by atoms with Crippen LogP contribution in [0.15, 0.2) is 47.4 Å². The number of hydrogen-bond donors (Lipinski definition) is 1. The molecular formula is C18H22N2O4S. The first-order valence-electron chi connectivity index (χ1n) is 7.73. The van der Waals surface area contributed by atoms with E-state index in [1.54, 1.807) is 13.0 Å². The Morgan fingerprint density at radius 3 is 2.36 bits per heavy atom. The van der Waals surface area contributed by atoms with Crippen LogP contribution >= 0.6 is 0 Å². The van der Waals surface area contributed by atoms with Gasteiger partial charge in [0.25, 0.3) is 5.91 Å². The summed E-state index contributed by atoms with van der Waals surface area (Å²) in [6.07, 6.45) is 0. The van der Waals surface area contributed by atoms with E-state index in [2.05, 4.69) is 5.32 Å². The van der Waals surface area contributed by atoms with Crippen LogP contribution in [-0.2, 0) is 14.8 Å². The minimum absolute atomic E-state index is 0.158. The van der Waals surface area contributed by atoms with E-state index in [4.69, 9.17) is 4.74 Å². The van der Waals surface area contributed by atoms with E-state index in [1.807, 2.05) is 31.2 Å². The summed E-state index contributed by atoms with van der Waals surface area (Å²) in [5.74, 6) is 0.191. The summed E-state index contributed by atoms with van der Waals surface area (Å²) in [6.45, 7) is 3.49. The number of nitrogens with one attached hydrogen (secondary N) is 1. The minimum Gasteiger partial charge on any atom is -0.483 e. The lowest BCUT2D eigenvalue weighted by Gasteiger charge is -2.14. The molecule has 2 aromatic carbocycles. The van der Waals surface area contributed by atoms with Crippen LogP contribution in [0.3, 0.4) is 0 Å². The average molecular weight is 362 g/mol. The quantitative estimate of drug-likeness (QED) is 0.857. The molecule has 0 radical (unpaired) electrons. The van der Waals surface area contributed by atoms with Crippen LogP contribution in [0, 0.1) is 13.8 Å². The fourth-order valence-corrected chi connectivity index (χ4v) is 3.19. The molecule has 134 valence electrons. The number of rotatable bonds is 6. The van der Waals surface area contributed by atoms with Gasteiger partial charge in [-0.05, 0) is 49.2 Å². The van der Waals surface area contributed by atoms with Crippen molar-refractivity contribution >= 4 is 21.6 Å². The van der Waals surface area contributed by atoms with E-state index in [9.17, 15) is 13.2 Å². The number of nitrogens with zero attached hydrogens (tertiary/aromatic N) is 1. The number of anilines is 1. The van der Waals surface area contributed by atoms with E-state index in [0.717, 1.165) is 15.6 Å². The molecule has 0 saturated heterocycles. The van der Waals surface area contributed by atoms with Gasteiger partial charge in [-0.15, -0.1) is 0 Å². The smallest absolute Gasteiger partial charge is 0.262 e. The fourth-order valence-electron chi connectivity index (χ4n) is 2.20. The Labute approximate surface area is 148 Å². The van der Waals surface area contributed by atoms with Gasteiger partial charge >= 0.3 is 0 Å². The van der Waals surface area contributed by atoms with Crippen molar-refractivity contribution in [3.8, 4) is 5.75 Å². The highest BCUT2D eigenvalue weighted by molar-refractivity contribution is 7.89. The van der Waals surface area contributed by atoms with Crippen molar-refractivity contribution < 1.29 is 17.9 Å². The third-order valence-corrected chi connectivity index (χ3v) is 5.51. The first kappa shape index (κ1) is 19.0. The first-order chi connectivity index (χ1) is 11.7. The molecule has 0 aromatic heterocycles. The Morgan fingerprint density at radius 1 is 1.08 bits per heavy atom. The van der Waals surface area contributed by atoms with Crippen molar-refractivity contribution in [3.63, 3.8) is 0 Å². The monoisotopic (exact) mass is 362 g/mol. The van der Waals surface area contributed by atoms with Crippen molar-refractivity contribution in [1.29, 1.82) is 0 Å². The van der Waals surface area contributed by atoms with Crippen molar-refractivity contribution in [3.05, 3.63) is 53.6 Å². The zero-order chi connectivity index (χ0) is 18.6. The number of carbonyl (C=O) groups excluding carboxylic acids is 1. The van der Waals surface area contributed by atoms with Crippen molar-refractivity contribution in [2.45, 2.75) is 18.7 Å². The number of ether oxygens (including phenoxy) is 1. The molecule has 0 unspecified atom stereocenters. The molecule has 2 rings (SSSR count). The largest absolute Gasteiger partial charge is 0.483 e. The van der Waals surface area contributed by atoms with Crippen molar-refractivity contribution in [1.82, 2.24) is 4.31 Å². The standard InChI is InChI=1S/C18H22N2O4S/c1-13-7-5-6-8-16(13)19-18(21)12-24-17-10-9-15(11-14(17)2)25(22,23)20(3)4/h5-11H,12H2,1-4H3,(H,19,21). The van der Waals surface area contributed by atoms with E-state index >= 15 is 0 Å². The highest BCUT2D eigenvalue weighted by atomic mass is 32.2. The maximum atomic E-state index is 12.1. The van der Waals surface area contributed by atoms with Gasteiger partial charge < -0.3 is 10.1 Å². The normalized spacial score (nSPS) is 11.4. The van der Waals surface area contributed by atoms with Crippen LogP contribution in [0.4, 0.5) is 5.69 Å². The van der Waals surface area contributed by atoms with Gasteiger partial charge in [-0.25, -0.2) is 12.7 Å². The minimum atomic E-state index is -3.49. The second-order valence-corrected chi connectivity index (χ2v) is 8.02. The molecule has 0 spiro atoms. The second-order valence-electron chi connectivity index (χ2n) is 5.87. The number of sulfonamides is 1. The highest BCUT2D eigenvalue weighted by Gasteiger charge is 2.18. The lowest BCUT2D eigenvalue weighted by atomic mass is 10.2. The van der Waals surface area contributed by atoms with Gasteiger partial charge in [-0.2, -0.15) is 0 Å². The third-order valence-electron chi connectivity index (χ3n) is 3.70. The van der Waals surface area contributed by atoms with Gasteiger partial charge in [0.1, 0.15) is 5.75 Å². The molecule has 1 N–H and O–H groups in total. The van der Waals surface area contributed by atoms with Crippen LogP contribution in [0.5, 0.6) is 5.75 Å². The fraction of sp³-hybridized carbons (Fsp3) is 0.278. The van der Waals surface area contributed by atoms with Crippen LogP contribution in [0.1, 0.15) is 11.1 Å². The van der Waals surface area contributed by atoms with E-state index in [1.165, 1.54) is 26.2 Å². The van der Waals surface area contributed by atoms with Crippen LogP contribution < -0.4 is 10.1 Å². The summed E-state index contributed by atoms with van der Waals surface area (Å²) in [6, 6.07) is 12.0. The van der Waals surface area contributed by atoms with Gasteiger partial charge in [0.2, 0.25) is 10.0 Å². The summed E-state index contributed by atoms with van der Waals surface area (Å²) >= 11 is 0. The molecule has 1 amide bonds.